The molecular weight excluding hydrogens is 462 g/mol. The highest BCUT2D eigenvalue weighted by Gasteiger charge is 2.15. The molecule has 3 aromatic rings. The lowest BCUT2D eigenvalue weighted by Crippen LogP contribution is -2.36. The second-order valence-corrected chi connectivity index (χ2v) is 7.85. The van der Waals surface area contributed by atoms with E-state index in [9.17, 15) is 4.79 Å². The van der Waals surface area contributed by atoms with Crippen molar-refractivity contribution in [2.45, 2.75) is 33.9 Å². The Hall–Kier alpha value is -4.21. The number of aliphatic imine (C=N–C) groups is 1. The Balaban J connectivity index is 1.93. The number of amides is 1. The molecule has 0 aliphatic carbocycles. The molecule has 0 aliphatic rings. The zero-order valence-corrected chi connectivity index (χ0v) is 21.8. The maximum atomic E-state index is 13.1. The molecule has 2 N–H and O–H groups in total. The van der Waals surface area contributed by atoms with Crippen LogP contribution in [0.3, 0.4) is 0 Å². The molecule has 0 atom stereocenters. The lowest BCUT2D eigenvalue weighted by molar-refractivity contribution is 0.0976. The number of hydrogen-bond donors (Lipinski definition) is 2. The Morgan fingerprint density at radius 2 is 1.53 bits per heavy atom. The molecule has 36 heavy (non-hydrogen) atoms. The zero-order valence-electron chi connectivity index (χ0n) is 21.8. The number of ether oxygens (including phenoxy) is 4. The average Bonchev–Trinajstić information content (AvgIpc) is 3.18. The molecule has 0 fully saturated rings. The summed E-state index contributed by atoms with van der Waals surface area (Å²) >= 11 is 0. The van der Waals surface area contributed by atoms with Gasteiger partial charge in [0.1, 0.15) is 0 Å². The molecule has 192 valence electrons. The summed E-state index contributed by atoms with van der Waals surface area (Å²) < 4.78 is 23.3. The summed E-state index contributed by atoms with van der Waals surface area (Å²) in [6.45, 7) is 7.11. The first kappa shape index (κ1) is 26.4. The Bertz CT molecular complexity index is 1250. The molecule has 0 unspecified atom stereocenters. The zero-order chi connectivity index (χ0) is 26.2. The van der Waals surface area contributed by atoms with Gasteiger partial charge in [-0.1, -0.05) is 0 Å². The molecule has 10 heteroatoms. The van der Waals surface area contributed by atoms with E-state index in [-0.39, 0.29) is 11.9 Å². The average molecular weight is 496 g/mol. The van der Waals surface area contributed by atoms with Gasteiger partial charge in [-0.05, 0) is 51.1 Å². The fraction of sp³-hybridized carbons (Fsp3) is 0.346. The van der Waals surface area contributed by atoms with Crippen LogP contribution < -0.4 is 29.6 Å². The van der Waals surface area contributed by atoms with E-state index in [4.69, 9.17) is 23.9 Å². The second-order valence-electron chi connectivity index (χ2n) is 7.85. The topological polar surface area (TPSA) is 108 Å². The summed E-state index contributed by atoms with van der Waals surface area (Å²) in [6, 6.07) is 10.3. The van der Waals surface area contributed by atoms with Gasteiger partial charge >= 0.3 is 0 Å². The first-order chi connectivity index (χ1) is 17.3. The van der Waals surface area contributed by atoms with Crippen LogP contribution in [0, 0.1) is 13.8 Å². The molecular formula is C26H33N5O5. The summed E-state index contributed by atoms with van der Waals surface area (Å²) in [5, 5.41) is 10.6. The third-order valence-corrected chi connectivity index (χ3v) is 5.75. The molecule has 0 aliphatic heterocycles. The fourth-order valence-electron chi connectivity index (χ4n) is 3.75. The standard InChI is InChI=1S/C26H33N5O5/c1-8-31-17(3)20(16(2)30-31)15-27-26(28-19-10-12-22(34-5)24(14-19)36-7)29-25(32)18-9-11-21(33-4)23(13-18)35-6/h9-14H,8,15H2,1-7H3,(H2,27,28,29,32). The Labute approximate surface area is 211 Å². The summed E-state index contributed by atoms with van der Waals surface area (Å²) in [5.74, 6) is 2.03. The molecule has 0 saturated heterocycles. The van der Waals surface area contributed by atoms with E-state index < -0.39 is 0 Å². The van der Waals surface area contributed by atoms with E-state index in [0.29, 0.717) is 40.8 Å². The van der Waals surface area contributed by atoms with Gasteiger partial charge in [-0.3, -0.25) is 14.8 Å². The van der Waals surface area contributed by atoms with Gasteiger partial charge in [-0.15, -0.1) is 0 Å². The van der Waals surface area contributed by atoms with Crippen molar-refractivity contribution in [3.63, 3.8) is 0 Å². The third-order valence-electron chi connectivity index (χ3n) is 5.75. The summed E-state index contributed by atoms with van der Waals surface area (Å²) in [5.41, 5.74) is 3.99. The van der Waals surface area contributed by atoms with Gasteiger partial charge in [0, 0.05) is 35.1 Å². The van der Waals surface area contributed by atoms with Crippen molar-refractivity contribution < 1.29 is 23.7 Å². The monoisotopic (exact) mass is 495 g/mol. The molecule has 0 radical (unpaired) electrons. The van der Waals surface area contributed by atoms with Crippen LogP contribution in [-0.2, 0) is 13.1 Å². The van der Waals surface area contributed by atoms with Crippen molar-refractivity contribution in [2.24, 2.45) is 4.99 Å². The van der Waals surface area contributed by atoms with Crippen molar-refractivity contribution >= 4 is 17.6 Å². The quantitative estimate of drug-likeness (QED) is 0.342. The van der Waals surface area contributed by atoms with Crippen molar-refractivity contribution in [1.82, 2.24) is 15.1 Å². The minimum atomic E-state index is -0.361. The summed E-state index contributed by atoms with van der Waals surface area (Å²) in [7, 11) is 6.20. The number of rotatable bonds is 9. The van der Waals surface area contributed by atoms with E-state index in [2.05, 4.69) is 15.7 Å². The highest BCUT2D eigenvalue weighted by atomic mass is 16.5. The van der Waals surface area contributed by atoms with E-state index in [0.717, 1.165) is 23.5 Å². The minimum Gasteiger partial charge on any atom is -0.493 e. The Morgan fingerprint density at radius 1 is 0.917 bits per heavy atom. The van der Waals surface area contributed by atoms with Gasteiger partial charge in [0.15, 0.2) is 23.0 Å². The molecule has 0 bridgehead atoms. The predicted molar refractivity (Wildman–Crippen MR) is 139 cm³/mol. The van der Waals surface area contributed by atoms with Crippen molar-refractivity contribution in [2.75, 3.05) is 33.8 Å². The highest BCUT2D eigenvalue weighted by Crippen LogP contribution is 2.30. The maximum Gasteiger partial charge on any atom is 0.258 e. The number of hydrogen-bond acceptors (Lipinski definition) is 7. The smallest absolute Gasteiger partial charge is 0.258 e. The van der Waals surface area contributed by atoms with Crippen LogP contribution in [0.4, 0.5) is 5.69 Å². The number of benzene rings is 2. The van der Waals surface area contributed by atoms with Gasteiger partial charge < -0.3 is 24.3 Å². The number of aryl methyl sites for hydroxylation is 2. The molecule has 1 amide bonds. The maximum absolute atomic E-state index is 13.1. The lowest BCUT2D eigenvalue weighted by Gasteiger charge is -2.15. The Kier molecular flexibility index (Phi) is 8.77. The SMILES string of the molecule is CCn1nc(C)c(CN=C(NC(=O)c2ccc(OC)c(OC)c2)Nc2ccc(OC)c(OC)c2)c1C. The molecule has 2 aromatic carbocycles. The molecule has 0 saturated carbocycles. The van der Waals surface area contributed by atoms with E-state index in [1.165, 1.54) is 7.11 Å². The number of anilines is 1. The molecule has 3 rings (SSSR count). The summed E-state index contributed by atoms with van der Waals surface area (Å²) in [6.07, 6.45) is 0. The minimum absolute atomic E-state index is 0.269. The fourth-order valence-corrected chi connectivity index (χ4v) is 3.75. The van der Waals surface area contributed by atoms with Crippen LogP contribution in [0.2, 0.25) is 0 Å². The van der Waals surface area contributed by atoms with Crippen LogP contribution in [0.1, 0.15) is 34.2 Å². The van der Waals surface area contributed by atoms with E-state index >= 15 is 0 Å². The number of nitrogens with one attached hydrogen (secondary N) is 2. The van der Waals surface area contributed by atoms with Gasteiger partial charge in [-0.25, -0.2) is 4.99 Å². The first-order valence-electron chi connectivity index (χ1n) is 11.4. The van der Waals surface area contributed by atoms with Crippen LogP contribution in [0.5, 0.6) is 23.0 Å². The number of guanidine groups is 1. The molecule has 10 nitrogen and oxygen atoms in total. The van der Waals surface area contributed by atoms with E-state index in [1.807, 2.05) is 31.5 Å². The number of nitrogens with zero attached hydrogens (tertiary/aromatic N) is 3. The lowest BCUT2D eigenvalue weighted by atomic mass is 10.2. The predicted octanol–water partition coefficient (Wildman–Crippen LogP) is 3.95. The number of carbonyl (C=O) groups excluding carboxylic acids is 1. The Morgan fingerprint density at radius 3 is 2.11 bits per heavy atom. The van der Waals surface area contributed by atoms with Gasteiger partial charge in [0.2, 0.25) is 5.96 Å². The molecule has 0 spiro atoms. The molecule has 1 aromatic heterocycles. The number of carbonyl (C=O) groups is 1. The number of aromatic nitrogens is 2. The van der Waals surface area contributed by atoms with Gasteiger partial charge in [0.05, 0.1) is 40.7 Å². The van der Waals surface area contributed by atoms with Crippen molar-refractivity contribution in [1.29, 1.82) is 0 Å². The van der Waals surface area contributed by atoms with Crippen LogP contribution in [-0.4, -0.2) is 50.1 Å². The number of methoxy groups -OCH3 is 4. The third kappa shape index (κ3) is 5.88. The first-order valence-corrected chi connectivity index (χ1v) is 11.4. The van der Waals surface area contributed by atoms with Crippen molar-refractivity contribution in [3.8, 4) is 23.0 Å². The van der Waals surface area contributed by atoms with E-state index in [1.54, 1.807) is 51.7 Å². The van der Waals surface area contributed by atoms with Gasteiger partial charge in [-0.2, -0.15) is 5.10 Å². The highest BCUT2D eigenvalue weighted by molar-refractivity contribution is 6.10. The summed E-state index contributed by atoms with van der Waals surface area (Å²) in [4.78, 5) is 17.8. The van der Waals surface area contributed by atoms with Crippen molar-refractivity contribution in [3.05, 3.63) is 58.9 Å². The van der Waals surface area contributed by atoms with Crippen LogP contribution >= 0.6 is 0 Å². The second kappa shape index (κ2) is 12.0. The molecule has 1 heterocycles. The van der Waals surface area contributed by atoms with Crippen LogP contribution in [0.15, 0.2) is 41.4 Å². The normalized spacial score (nSPS) is 11.1. The van der Waals surface area contributed by atoms with Crippen LogP contribution in [0.25, 0.3) is 0 Å². The van der Waals surface area contributed by atoms with Gasteiger partial charge in [0.25, 0.3) is 5.91 Å². The largest absolute Gasteiger partial charge is 0.493 e.